The highest BCUT2D eigenvalue weighted by molar-refractivity contribution is 7.92. The average Bonchev–Trinajstić information content (AvgIpc) is 2.50. The number of hydrogen-bond donors (Lipinski definition) is 3. The van der Waals surface area contributed by atoms with Crippen LogP contribution in [0, 0.1) is 0 Å². The van der Waals surface area contributed by atoms with Crippen molar-refractivity contribution >= 4 is 27.6 Å². The van der Waals surface area contributed by atoms with Crippen molar-refractivity contribution in [2.75, 3.05) is 23.7 Å². The van der Waals surface area contributed by atoms with Crippen molar-refractivity contribution in [3.05, 3.63) is 29.3 Å². The Balaban J connectivity index is 2.19. The van der Waals surface area contributed by atoms with Crippen LogP contribution in [-0.2, 0) is 21.2 Å². The molecule has 132 valence electrons. The van der Waals surface area contributed by atoms with Crippen LogP contribution in [0.2, 0.25) is 0 Å². The molecule has 0 saturated heterocycles. The second-order valence-corrected chi connectivity index (χ2v) is 7.95. The molecule has 1 heterocycles. The third-order valence-corrected chi connectivity index (χ3v) is 5.05. The lowest BCUT2D eigenvalue weighted by atomic mass is 10.0. The Morgan fingerprint density at radius 3 is 2.62 bits per heavy atom. The van der Waals surface area contributed by atoms with E-state index in [0.29, 0.717) is 25.1 Å². The molecule has 24 heavy (non-hydrogen) atoms. The van der Waals surface area contributed by atoms with Gasteiger partial charge >= 0.3 is 5.97 Å². The molecule has 1 aromatic carbocycles. The number of nitrogens with one attached hydrogen (secondary N) is 1. The van der Waals surface area contributed by atoms with Gasteiger partial charge in [-0.1, -0.05) is 0 Å². The van der Waals surface area contributed by atoms with Crippen molar-refractivity contribution in [3.63, 3.8) is 0 Å². The predicted molar refractivity (Wildman–Crippen MR) is 87.5 cm³/mol. The number of carboxylic acid groups (broad SMARTS) is 1. The first-order chi connectivity index (χ1) is 11.0. The number of fused-ring (bicyclic) bond motifs is 1. The minimum Gasteiger partial charge on any atom is -0.479 e. The lowest BCUT2D eigenvalue weighted by Gasteiger charge is -2.29. The van der Waals surface area contributed by atoms with Crippen LogP contribution in [0.25, 0.3) is 0 Å². The fraction of sp³-hybridized carbons (Fsp3) is 0.467. The fourth-order valence-corrected chi connectivity index (χ4v) is 3.47. The summed E-state index contributed by atoms with van der Waals surface area (Å²) >= 11 is 0. The van der Waals surface area contributed by atoms with Gasteiger partial charge in [-0.05, 0) is 43.5 Å². The van der Waals surface area contributed by atoms with Crippen LogP contribution >= 0.6 is 0 Å². The van der Waals surface area contributed by atoms with E-state index in [1.165, 1.54) is 10.4 Å². The molecular formula is C15H20N2O6S. The van der Waals surface area contributed by atoms with E-state index in [0.717, 1.165) is 18.7 Å². The Hall–Kier alpha value is -2.13. The lowest BCUT2D eigenvalue weighted by molar-refractivity contribution is -0.155. The van der Waals surface area contributed by atoms with Gasteiger partial charge in [0.25, 0.3) is 5.91 Å². The van der Waals surface area contributed by atoms with E-state index < -0.39 is 34.0 Å². The lowest BCUT2D eigenvalue weighted by Crippen LogP contribution is -2.46. The molecule has 0 bridgehead atoms. The standard InChI is InChI=1S/C15H20N2O6S/c1-15(21,14(19)20)9-16-13(18)11-5-6-12-10(8-11)4-3-7-17(12)24(2,22)23/h5-6,8,21H,3-4,7,9H2,1-2H3,(H,16,18)(H,19,20). The van der Waals surface area contributed by atoms with Crippen LogP contribution in [0.1, 0.15) is 29.3 Å². The molecule has 1 aliphatic rings. The normalized spacial score (nSPS) is 16.9. The number of sulfonamides is 1. The molecule has 0 fully saturated rings. The topological polar surface area (TPSA) is 124 Å². The van der Waals surface area contributed by atoms with Crippen LogP contribution in [0.3, 0.4) is 0 Å². The third-order valence-electron chi connectivity index (χ3n) is 3.87. The third kappa shape index (κ3) is 3.85. The second kappa shape index (κ2) is 6.40. The number of aliphatic carboxylic acids is 1. The number of aryl methyl sites for hydroxylation is 1. The summed E-state index contributed by atoms with van der Waals surface area (Å²) in [6.07, 6.45) is 2.44. The van der Waals surface area contributed by atoms with Gasteiger partial charge in [0.15, 0.2) is 5.60 Å². The van der Waals surface area contributed by atoms with Gasteiger partial charge in [0.05, 0.1) is 18.5 Å². The van der Waals surface area contributed by atoms with Gasteiger partial charge in [-0.3, -0.25) is 9.10 Å². The molecule has 0 spiro atoms. The first-order valence-corrected chi connectivity index (χ1v) is 9.22. The van der Waals surface area contributed by atoms with E-state index in [1.807, 2.05) is 0 Å². The predicted octanol–water partition coefficient (Wildman–Crippen LogP) is -0.0358. The van der Waals surface area contributed by atoms with Crippen molar-refractivity contribution in [2.24, 2.45) is 0 Å². The maximum atomic E-state index is 12.1. The van der Waals surface area contributed by atoms with Crippen molar-refractivity contribution in [3.8, 4) is 0 Å². The van der Waals surface area contributed by atoms with Crippen molar-refractivity contribution in [1.29, 1.82) is 0 Å². The van der Waals surface area contributed by atoms with Crippen molar-refractivity contribution in [2.45, 2.75) is 25.4 Å². The Kier molecular flexibility index (Phi) is 4.86. The summed E-state index contributed by atoms with van der Waals surface area (Å²) in [6, 6.07) is 4.64. The molecule has 1 aliphatic heterocycles. The first kappa shape index (κ1) is 18.2. The smallest absolute Gasteiger partial charge is 0.337 e. The van der Waals surface area contributed by atoms with E-state index in [9.17, 15) is 23.1 Å². The summed E-state index contributed by atoms with van der Waals surface area (Å²) in [4.78, 5) is 23.0. The van der Waals surface area contributed by atoms with Gasteiger partial charge in [-0.25, -0.2) is 13.2 Å². The molecule has 1 unspecified atom stereocenters. The number of hydrogen-bond acceptors (Lipinski definition) is 5. The quantitative estimate of drug-likeness (QED) is 0.680. The molecule has 2 rings (SSSR count). The number of nitrogens with zero attached hydrogens (tertiary/aromatic N) is 1. The molecule has 0 radical (unpaired) electrons. The monoisotopic (exact) mass is 356 g/mol. The Morgan fingerprint density at radius 1 is 1.38 bits per heavy atom. The number of carbonyl (C=O) groups excluding carboxylic acids is 1. The van der Waals surface area contributed by atoms with E-state index in [2.05, 4.69) is 5.32 Å². The van der Waals surface area contributed by atoms with E-state index in [-0.39, 0.29) is 5.56 Å². The summed E-state index contributed by atoms with van der Waals surface area (Å²) in [5, 5.41) is 20.8. The summed E-state index contributed by atoms with van der Waals surface area (Å²) in [5.41, 5.74) is -0.482. The highest BCUT2D eigenvalue weighted by atomic mass is 32.2. The molecular weight excluding hydrogens is 336 g/mol. The van der Waals surface area contributed by atoms with Crippen LogP contribution < -0.4 is 9.62 Å². The van der Waals surface area contributed by atoms with Gasteiger partial charge in [-0.15, -0.1) is 0 Å². The molecule has 1 aromatic rings. The molecule has 0 aromatic heterocycles. The number of benzene rings is 1. The largest absolute Gasteiger partial charge is 0.479 e. The molecule has 9 heteroatoms. The SMILES string of the molecule is CC(O)(CNC(=O)c1ccc2c(c1)CCCN2S(C)(=O)=O)C(=O)O. The van der Waals surface area contributed by atoms with Crippen molar-refractivity contribution in [1.82, 2.24) is 5.32 Å². The number of carbonyl (C=O) groups is 2. The minimum atomic E-state index is -3.38. The van der Waals surface area contributed by atoms with E-state index >= 15 is 0 Å². The summed E-state index contributed by atoms with van der Waals surface area (Å²) < 4.78 is 24.9. The fourth-order valence-electron chi connectivity index (χ4n) is 2.48. The molecule has 1 atom stereocenters. The molecule has 8 nitrogen and oxygen atoms in total. The van der Waals surface area contributed by atoms with E-state index in [1.54, 1.807) is 12.1 Å². The Labute approximate surface area is 140 Å². The van der Waals surface area contributed by atoms with Crippen LogP contribution in [-0.4, -0.2) is 55.5 Å². The number of carboxylic acids is 1. The molecule has 0 saturated carbocycles. The van der Waals surface area contributed by atoms with Gasteiger partial charge in [-0.2, -0.15) is 0 Å². The van der Waals surface area contributed by atoms with Crippen LogP contribution in [0.4, 0.5) is 5.69 Å². The van der Waals surface area contributed by atoms with Crippen molar-refractivity contribution < 1.29 is 28.2 Å². The van der Waals surface area contributed by atoms with Crippen LogP contribution in [0.5, 0.6) is 0 Å². The number of aliphatic hydroxyl groups is 1. The zero-order valence-corrected chi connectivity index (χ0v) is 14.3. The zero-order chi connectivity index (χ0) is 18.1. The number of anilines is 1. The highest BCUT2D eigenvalue weighted by Gasteiger charge is 2.30. The minimum absolute atomic E-state index is 0.283. The zero-order valence-electron chi connectivity index (χ0n) is 13.4. The number of amides is 1. The average molecular weight is 356 g/mol. The van der Waals surface area contributed by atoms with E-state index in [4.69, 9.17) is 5.11 Å². The summed E-state index contributed by atoms with van der Waals surface area (Å²) in [7, 11) is -3.38. The highest BCUT2D eigenvalue weighted by Crippen LogP contribution is 2.29. The van der Waals surface area contributed by atoms with Gasteiger partial charge in [0.1, 0.15) is 0 Å². The Bertz CT molecular complexity index is 772. The van der Waals surface area contributed by atoms with Gasteiger partial charge < -0.3 is 15.5 Å². The van der Waals surface area contributed by atoms with Crippen LogP contribution in [0.15, 0.2) is 18.2 Å². The first-order valence-electron chi connectivity index (χ1n) is 7.37. The molecule has 0 aliphatic carbocycles. The summed E-state index contributed by atoms with van der Waals surface area (Å²) in [5.74, 6) is -1.96. The maximum absolute atomic E-state index is 12.1. The molecule has 1 amide bonds. The van der Waals surface area contributed by atoms with Gasteiger partial charge in [0.2, 0.25) is 10.0 Å². The van der Waals surface area contributed by atoms with Gasteiger partial charge in [0, 0.05) is 12.1 Å². The Morgan fingerprint density at radius 2 is 2.04 bits per heavy atom. The molecule has 3 N–H and O–H groups in total. The summed E-state index contributed by atoms with van der Waals surface area (Å²) in [6.45, 7) is 1.05. The second-order valence-electron chi connectivity index (χ2n) is 6.04. The number of rotatable bonds is 5. The maximum Gasteiger partial charge on any atom is 0.337 e.